The largest absolute Gasteiger partial charge is 0.435 e. The Bertz CT molecular complexity index is 690. The first-order valence-electron chi connectivity index (χ1n) is 7.39. The number of nitrogens with one attached hydrogen (secondary N) is 1. The van der Waals surface area contributed by atoms with E-state index in [0.29, 0.717) is 6.42 Å². The number of carbonyl (C=O) groups is 1. The van der Waals surface area contributed by atoms with E-state index in [1.165, 1.54) is 12.1 Å². The van der Waals surface area contributed by atoms with Gasteiger partial charge in [0.05, 0.1) is 17.4 Å². The molecular weight excluding hydrogens is 328 g/mol. The highest BCUT2D eigenvalue weighted by molar-refractivity contribution is 7.91. The molecule has 0 spiro atoms. The van der Waals surface area contributed by atoms with Gasteiger partial charge in [0.2, 0.25) is 5.91 Å². The normalized spacial score (nSPS) is 28.6. The van der Waals surface area contributed by atoms with Crippen LogP contribution < -0.4 is 10.1 Å². The smallest absolute Gasteiger partial charge is 0.387 e. The van der Waals surface area contributed by atoms with Crippen LogP contribution in [0, 0.1) is 5.92 Å². The summed E-state index contributed by atoms with van der Waals surface area (Å²) >= 11 is 0. The van der Waals surface area contributed by atoms with Gasteiger partial charge in [0.15, 0.2) is 9.84 Å². The lowest BCUT2D eigenvalue weighted by Gasteiger charge is -2.09. The summed E-state index contributed by atoms with van der Waals surface area (Å²) in [6, 6.07) is 6.33. The van der Waals surface area contributed by atoms with Crippen molar-refractivity contribution in [1.82, 2.24) is 5.32 Å². The molecule has 1 aromatic carbocycles. The molecule has 1 aliphatic carbocycles. The Kier molecular flexibility index (Phi) is 4.27. The molecule has 2 aliphatic rings. The Hall–Kier alpha value is -1.70. The number of alkyl halides is 2. The van der Waals surface area contributed by atoms with Gasteiger partial charge in [0.1, 0.15) is 5.75 Å². The van der Waals surface area contributed by atoms with Crippen LogP contribution in [0.2, 0.25) is 0 Å². The Morgan fingerprint density at radius 2 is 1.96 bits per heavy atom. The van der Waals surface area contributed by atoms with Crippen molar-refractivity contribution in [3.63, 3.8) is 0 Å². The summed E-state index contributed by atoms with van der Waals surface area (Å²) in [6.45, 7) is -2.85. The minimum Gasteiger partial charge on any atom is -0.435 e. The van der Waals surface area contributed by atoms with Crippen molar-refractivity contribution >= 4 is 15.7 Å². The third kappa shape index (κ3) is 3.99. The minimum atomic E-state index is -3.07. The quantitative estimate of drug-likeness (QED) is 0.882. The van der Waals surface area contributed by atoms with Crippen LogP contribution in [-0.4, -0.2) is 38.5 Å². The molecule has 1 amide bonds. The summed E-state index contributed by atoms with van der Waals surface area (Å²) in [6.07, 6.45) is 1.14. The number of carbonyl (C=O) groups excluding carboxylic acids is 1. The fraction of sp³-hybridized carbons (Fsp3) is 0.533. The Labute approximate surface area is 132 Å². The Morgan fingerprint density at radius 3 is 2.52 bits per heavy atom. The molecule has 0 bridgehead atoms. The van der Waals surface area contributed by atoms with E-state index in [0.717, 1.165) is 12.0 Å². The lowest BCUT2D eigenvalue weighted by atomic mass is 10.1. The number of amides is 1. The summed E-state index contributed by atoms with van der Waals surface area (Å²) in [5.74, 6) is -0.432. The predicted molar refractivity (Wildman–Crippen MR) is 79.1 cm³/mol. The second-order valence-electron chi connectivity index (χ2n) is 6.00. The van der Waals surface area contributed by atoms with Gasteiger partial charge in [0.25, 0.3) is 0 Å². The third-order valence-electron chi connectivity index (χ3n) is 4.25. The molecular formula is C15H17F2NO4S. The molecule has 126 valence electrons. The van der Waals surface area contributed by atoms with E-state index in [1.807, 2.05) is 0 Å². The molecule has 1 saturated heterocycles. The second kappa shape index (κ2) is 6.07. The summed E-state index contributed by atoms with van der Waals surface area (Å²) in [5.41, 5.74) is 0.941. The summed E-state index contributed by atoms with van der Waals surface area (Å²) in [4.78, 5) is 12.1. The molecule has 1 aromatic rings. The van der Waals surface area contributed by atoms with E-state index in [-0.39, 0.29) is 35.1 Å². The number of hydrogen-bond donors (Lipinski definition) is 1. The molecule has 1 aliphatic heterocycles. The fourth-order valence-electron chi connectivity index (χ4n) is 2.92. The van der Waals surface area contributed by atoms with Crippen molar-refractivity contribution in [1.29, 1.82) is 0 Å². The summed E-state index contributed by atoms with van der Waals surface area (Å²) in [7, 11) is -3.07. The lowest BCUT2D eigenvalue weighted by molar-refractivity contribution is -0.124. The standard InChI is InChI=1S/C15H17F2NO4S/c16-15(17)22-11-3-1-9(2-4-11)12-7-13(12)18-14(19)10-5-6-23(20,21)8-10/h1-4,10,12-13,15H,5-8H2,(H,18,19)/t10?,12-,13+/m0/s1. The van der Waals surface area contributed by atoms with E-state index in [2.05, 4.69) is 10.1 Å². The average Bonchev–Trinajstić information content (AvgIpc) is 3.13. The number of benzene rings is 1. The molecule has 3 atom stereocenters. The van der Waals surface area contributed by atoms with E-state index >= 15 is 0 Å². The zero-order valence-electron chi connectivity index (χ0n) is 12.2. The van der Waals surface area contributed by atoms with Crippen LogP contribution in [0.5, 0.6) is 5.75 Å². The van der Waals surface area contributed by atoms with Crippen LogP contribution in [0.15, 0.2) is 24.3 Å². The average molecular weight is 345 g/mol. The maximum Gasteiger partial charge on any atom is 0.387 e. The molecule has 1 unspecified atom stereocenters. The van der Waals surface area contributed by atoms with Crippen molar-refractivity contribution < 1.29 is 26.7 Å². The van der Waals surface area contributed by atoms with Gasteiger partial charge in [0, 0.05) is 12.0 Å². The van der Waals surface area contributed by atoms with E-state index < -0.39 is 22.4 Å². The number of hydrogen-bond acceptors (Lipinski definition) is 4. The topological polar surface area (TPSA) is 72.5 Å². The summed E-state index contributed by atoms with van der Waals surface area (Å²) < 4.78 is 51.3. The van der Waals surface area contributed by atoms with Gasteiger partial charge in [-0.3, -0.25) is 4.79 Å². The molecule has 0 radical (unpaired) electrons. The van der Waals surface area contributed by atoms with Crippen LogP contribution in [0.3, 0.4) is 0 Å². The predicted octanol–water partition coefficient (Wildman–Crippen LogP) is 1.69. The van der Waals surface area contributed by atoms with Crippen LogP contribution in [0.25, 0.3) is 0 Å². The van der Waals surface area contributed by atoms with Gasteiger partial charge in [-0.1, -0.05) is 12.1 Å². The molecule has 1 heterocycles. The number of ether oxygens (including phenoxy) is 1. The first-order chi connectivity index (χ1) is 10.8. The van der Waals surface area contributed by atoms with Gasteiger partial charge in [-0.15, -0.1) is 0 Å². The monoisotopic (exact) mass is 345 g/mol. The zero-order valence-corrected chi connectivity index (χ0v) is 13.1. The van der Waals surface area contributed by atoms with E-state index in [1.54, 1.807) is 12.1 Å². The van der Waals surface area contributed by atoms with Crippen molar-refractivity contribution in [3.8, 4) is 5.75 Å². The van der Waals surface area contributed by atoms with Crippen molar-refractivity contribution in [2.24, 2.45) is 5.92 Å². The first kappa shape index (κ1) is 16.2. The first-order valence-corrected chi connectivity index (χ1v) is 9.22. The summed E-state index contributed by atoms with van der Waals surface area (Å²) in [5, 5.41) is 2.87. The maximum atomic E-state index is 12.1. The van der Waals surface area contributed by atoms with Crippen LogP contribution >= 0.6 is 0 Å². The molecule has 23 heavy (non-hydrogen) atoms. The molecule has 8 heteroatoms. The zero-order chi connectivity index (χ0) is 16.6. The molecule has 3 rings (SSSR count). The van der Waals surface area contributed by atoms with Gasteiger partial charge in [-0.2, -0.15) is 8.78 Å². The number of rotatable bonds is 5. The third-order valence-corrected chi connectivity index (χ3v) is 6.02. The van der Waals surface area contributed by atoms with Gasteiger partial charge in [-0.25, -0.2) is 8.42 Å². The van der Waals surface area contributed by atoms with Crippen molar-refractivity contribution in [3.05, 3.63) is 29.8 Å². The van der Waals surface area contributed by atoms with E-state index in [4.69, 9.17) is 0 Å². The van der Waals surface area contributed by atoms with Gasteiger partial charge in [-0.05, 0) is 30.5 Å². The molecule has 2 fully saturated rings. The second-order valence-corrected chi connectivity index (χ2v) is 8.23. The molecule has 5 nitrogen and oxygen atoms in total. The van der Waals surface area contributed by atoms with Gasteiger partial charge >= 0.3 is 6.61 Å². The van der Waals surface area contributed by atoms with Crippen LogP contribution in [0.4, 0.5) is 8.78 Å². The lowest BCUT2D eigenvalue weighted by Crippen LogP contribution is -2.33. The van der Waals surface area contributed by atoms with E-state index in [9.17, 15) is 22.0 Å². The Balaban J connectivity index is 1.52. The molecule has 1 saturated carbocycles. The minimum absolute atomic E-state index is 0.0207. The highest BCUT2D eigenvalue weighted by Crippen LogP contribution is 2.41. The molecule has 1 N–H and O–H groups in total. The highest BCUT2D eigenvalue weighted by atomic mass is 32.2. The molecule has 0 aromatic heterocycles. The highest BCUT2D eigenvalue weighted by Gasteiger charge is 2.42. The van der Waals surface area contributed by atoms with Crippen LogP contribution in [0.1, 0.15) is 24.3 Å². The SMILES string of the molecule is O=C(N[C@@H]1C[C@H]1c1ccc(OC(F)F)cc1)C1CCS(=O)(=O)C1. The number of sulfone groups is 1. The van der Waals surface area contributed by atoms with Gasteiger partial charge < -0.3 is 10.1 Å². The fourth-order valence-corrected chi connectivity index (χ4v) is 4.66. The van der Waals surface area contributed by atoms with Crippen LogP contribution in [-0.2, 0) is 14.6 Å². The number of halogens is 2. The Morgan fingerprint density at radius 1 is 1.26 bits per heavy atom. The van der Waals surface area contributed by atoms with Crippen molar-refractivity contribution in [2.45, 2.75) is 31.4 Å². The maximum absolute atomic E-state index is 12.1. The van der Waals surface area contributed by atoms with Crippen molar-refractivity contribution in [2.75, 3.05) is 11.5 Å².